The summed E-state index contributed by atoms with van der Waals surface area (Å²) in [6.07, 6.45) is -4.73. The van der Waals surface area contributed by atoms with Crippen LogP contribution < -0.4 is 5.32 Å². The van der Waals surface area contributed by atoms with Crippen molar-refractivity contribution in [2.45, 2.75) is 13.1 Å². The first-order valence-corrected chi connectivity index (χ1v) is 7.10. The minimum absolute atomic E-state index is 0.0409. The molecule has 1 N–H and O–H groups in total. The molecule has 0 bridgehead atoms. The number of carbonyl (C=O) groups excluding carboxylic acids is 1. The predicted octanol–water partition coefficient (Wildman–Crippen LogP) is 4.62. The highest BCUT2D eigenvalue weighted by molar-refractivity contribution is 9.10. The minimum Gasteiger partial charge on any atom is -0.320 e. The van der Waals surface area contributed by atoms with E-state index in [1.54, 1.807) is 0 Å². The first-order valence-electron chi connectivity index (χ1n) is 5.49. The Balaban J connectivity index is 2.35. The molecule has 0 saturated heterocycles. The molecule has 0 aliphatic heterocycles. The van der Waals surface area contributed by atoms with E-state index in [4.69, 9.17) is 0 Å². The Bertz CT molecular complexity index is 699. The highest BCUT2D eigenvalue weighted by atomic mass is 79.9. The maximum Gasteiger partial charge on any atom is 0.435 e. The Morgan fingerprint density at radius 3 is 2.67 bits per heavy atom. The Morgan fingerprint density at radius 2 is 2.05 bits per heavy atom. The van der Waals surface area contributed by atoms with Gasteiger partial charge in [-0.05, 0) is 41.1 Å². The lowest BCUT2D eigenvalue weighted by Crippen LogP contribution is -2.17. The summed E-state index contributed by atoms with van der Waals surface area (Å²) in [6, 6.07) is 3.49. The summed E-state index contributed by atoms with van der Waals surface area (Å²) in [4.78, 5) is 14.7. The van der Waals surface area contributed by atoms with Crippen LogP contribution in [-0.2, 0) is 6.18 Å². The third-order valence-corrected chi connectivity index (χ3v) is 4.05. The van der Waals surface area contributed by atoms with Gasteiger partial charge in [-0.2, -0.15) is 13.2 Å². The number of nitrogens with one attached hydrogen (secondary N) is 1. The molecule has 0 atom stereocenters. The van der Waals surface area contributed by atoms with Crippen LogP contribution in [-0.4, -0.2) is 10.9 Å². The molecule has 0 saturated carbocycles. The van der Waals surface area contributed by atoms with Crippen molar-refractivity contribution in [1.29, 1.82) is 0 Å². The van der Waals surface area contributed by atoms with Crippen molar-refractivity contribution in [3.8, 4) is 0 Å². The molecule has 0 aliphatic rings. The highest BCUT2D eigenvalue weighted by Crippen LogP contribution is 2.35. The Labute approximate surface area is 129 Å². The van der Waals surface area contributed by atoms with E-state index in [2.05, 4.69) is 26.2 Å². The number of nitrogens with zero attached hydrogens (tertiary/aromatic N) is 1. The minimum atomic E-state index is -4.73. The largest absolute Gasteiger partial charge is 0.435 e. The van der Waals surface area contributed by atoms with Gasteiger partial charge in [-0.1, -0.05) is 0 Å². The topological polar surface area (TPSA) is 42.0 Å². The van der Waals surface area contributed by atoms with Crippen LogP contribution in [0.4, 0.5) is 23.2 Å². The molecule has 112 valence electrons. The molecule has 21 heavy (non-hydrogen) atoms. The molecule has 1 heterocycles. The number of hydrogen-bond donors (Lipinski definition) is 1. The van der Waals surface area contributed by atoms with Crippen LogP contribution in [0.2, 0.25) is 0 Å². The number of anilines is 1. The molecule has 0 spiro atoms. The van der Waals surface area contributed by atoms with Gasteiger partial charge in [0.05, 0.1) is 10.7 Å². The van der Waals surface area contributed by atoms with Crippen LogP contribution in [0.1, 0.15) is 20.4 Å². The Hall–Kier alpha value is -1.48. The van der Waals surface area contributed by atoms with E-state index < -0.39 is 28.5 Å². The first-order chi connectivity index (χ1) is 9.68. The van der Waals surface area contributed by atoms with Crippen molar-refractivity contribution in [2.24, 2.45) is 0 Å². The van der Waals surface area contributed by atoms with Crippen LogP contribution in [0.15, 0.2) is 22.7 Å². The summed E-state index contributed by atoms with van der Waals surface area (Å²) in [5, 5.41) is 2.35. The summed E-state index contributed by atoms with van der Waals surface area (Å²) in [5.41, 5.74) is -1.20. The number of benzene rings is 1. The molecule has 0 unspecified atom stereocenters. The fourth-order valence-electron chi connectivity index (χ4n) is 1.55. The van der Waals surface area contributed by atoms with Crippen LogP contribution in [0.25, 0.3) is 0 Å². The average Bonchev–Trinajstić information content (AvgIpc) is 2.76. The lowest BCUT2D eigenvalue weighted by molar-refractivity contribution is -0.141. The number of thiazole rings is 1. The number of carbonyl (C=O) groups is 1. The molecule has 1 aromatic carbocycles. The molecule has 0 fully saturated rings. The number of aryl methyl sites for hydroxylation is 1. The summed E-state index contributed by atoms with van der Waals surface area (Å²) in [7, 11) is 0. The fourth-order valence-corrected chi connectivity index (χ4v) is 2.73. The molecule has 3 nitrogen and oxygen atoms in total. The van der Waals surface area contributed by atoms with E-state index in [0.29, 0.717) is 15.8 Å². The van der Waals surface area contributed by atoms with Crippen LogP contribution in [0.3, 0.4) is 0 Å². The zero-order valence-corrected chi connectivity index (χ0v) is 12.8. The van der Waals surface area contributed by atoms with Gasteiger partial charge >= 0.3 is 6.18 Å². The van der Waals surface area contributed by atoms with E-state index in [0.717, 1.165) is 12.1 Å². The van der Waals surface area contributed by atoms with Crippen molar-refractivity contribution < 1.29 is 22.4 Å². The molecular formula is C12H7BrF4N2OS. The van der Waals surface area contributed by atoms with Gasteiger partial charge in [0.2, 0.25) is 0 Å². The summed E-state index contributed by atoms with van der Waals surface area (Å²) >= 11 is 3.71. The molecule has 2 rings (SSSR count). The summed E-state index contributed by atoms with van der Waals surface area (Å²) in [5.74, 6) is -1.61. The molecule has 0 radical (unpaired) electrons. The maximum absolute atomic E-state index is 13.1. The predicted molar refractivity (Wildman–Crippen MR) is 73.9 cm³/mol. The smallest absolute Gasteiger partial charge is 0.320 e. The zero-order chi connectivity index (χ0) is 15.8. The van der Waals surface area contributed by atoms with Crippen LogP contribution >= 0.6 is 27.3 Å². The molecule has 1 amide bonds. The number of rotatable bonds is 2. The van der Waals surface area contributed by atoms with Crippen molar-refractivity contribution >= 4 is 38.9 Å². The monoisotopic (exact) mass is 382 g/mol. The number of alkyl halides is 3. The third-order valence-electron chi connectivity index (χ3n) is 2.39. The molecule has 9 heteroatoms. The normalized spacial score (nSPS) is 11.5. The number of aromatic nitrogens is 1. The lowest BCUT2D eigenvalue weighted by atomic mass is 10.3. The van der Waals surface area contributed by atoms with Gasteiger partial charge in [0.1, 0.15) is 10.7 Å². The number of hydrogen-bond acceptors (Lipinski definition) is 3. The van der Waals surface area contributed by atoms with E-state index in [1.807, 2.05) is 0 Å². The van der Waals surface area contributed by atoms with Crippen molar-refractivity contribution in [2.75, 3.05) is 5.32 Å². The Kier molecular flexibility index (Phi) is 4.33. The molecular weight excluding hydrogens is 376 g/mol. The lowest BCUT2D eigenvalue weighted by Gasteiger charge is -2.08. The zero-order valence-electron chi connectivity index (χ0n) is 10.4. The average molecular weight is 383 g/mol. The van der Waals surface area contributed by atoms with Gasteiger partial charge in [0.15, 0.2) is 5.69 Å². The summed E-state index contributed by atoms with van der Waals surface area (Å²) in [6.45, 7) is 1.37. The summed E-state index contributed by atoms with van der Waals surface area (Å²) < 4.78 is 51.9. The standard InChI is InChI=1S/C12H7BrF4N2OS/c1-5-18-10(12(15,16)17)9(21-5)11(20)19-8-4-6(14)2-3-7(8)13/h2-4H,1H3,(H,19,20). The van der Waals surface area contributed by atoms with Gasteiger partial charge < -0.3 is 5.32 Å². The third kappa shape index (κ3) is 3.59. The van der Waals surface area contributed by atoms with E-state index in [-0.39, 0.29) is 10.7 Å². The quantitative estimate of drug-likeness (QED) is 0.769. The maximum atomic E-state index is 13.1. The highest BCUT2D eigenvalue weighted by Gasteiger charge is 2.39. The first kappa shape index (κ1) is 15.9. The van der Waals surface area contributed by atoms with E-state index in [9.17, 15) is 22.4 Å². The van der Waals surface area contributed by atoms with E-state index in [1.165, 1.54) is 13.0 Å². The molecule has 0 aliphatic carbocycles. The molecule has 2 aromatic rings. The van der Waals surface area contributed by atoms with Crippen LogP contribution in [0, 0.1) is 12.7 Å². The Morgan fingerprint density at radius 1 is 1.38 bits per heavy atom. The SMILES string of the molecule is Cc1nc(C(F)(F)F)c(C(=O)Nc2cc(F)ccc2Br)s1. The van der Waals surface area contributed by atoms with Gasteiger partial charge in [0.25, 0.3) is 5.91 Å². The van der Waals surface area contributed by atoms with Crippen LogP contribution in [0.5, 0.6) is 0 Å². The van der Waals surface area contributed by atoms with Gasteiger partial charge in [-0.15, -0.1) is 11.3 Å². The number of halogens is 5. The van der Waals surface area contributed by atoms with Gasteiger partial charge in [-0.25, -0.2) is 9.37 Å². The van der Waals surface area contributed by atoms with E-state index >= 15 is 0 Å². The second kappa shape index (κ2) is 5.72. The van der Waals surface area contributed by atoms with Crippen molar-refractivity contribution in [3.05, 3.63) is 44.1 Å². The number of amides is 1. The molecule has 1 aromatic heterocycles. The fraction of sp³-hybridized carbons (Fsp3) is 0.167. The van der Waals surface area contributed by atoms with Gasteiger partial charge in [0, 0.05) is 4.47 Å². The second-order valence-electron chi connectivity index (χ2n) is 3.99. The van der Waals surface area contributed by atoms with Gasteiger partial charge in [-0.3, -0.25) is 4.79 Å². The van der Waals surface area contributed by atoms with Crippen molar-refractivity contribution in [1.82, 2.24) is 4.98 Å². The second-order valence-corrected chi connectivity index (χ2v) is 6.04. The van der Waals surface area contributed by atoms with Crippen molar-refractivity contribution in [3.63, 3.8) is 0 Å².